The lowest BCUT2D eigenvalue weighted by Gasteiger charge is -2.18. The number of hydrogen-bond acceptors (Lipinski definition) is 2. The van der Waals surface area contributed by atoms with Crippen molar-refractivity contribution in [3.8, 4) is 5.75 Å². The van der Waals surface area contributed by atoms with Crippen molar-refractivity contribution in [2.24, 2.45) is 0 Å². The Morgan fingerprint density at radius 3 is 2.32 bits per heavy atom. The van der Waals surface area contributed by atoms with Gasteiger partial charge in [-0.2, -0.15) is 0 Å². The zero-order valence-electron chi connectivity index (χ0n) is 13.4. The molecule has 0 heterocycles. The van der Waals surface area contributed by atoms with Crippen molar-refractivity contribution in [3.05, 3.63) is 65.7 Å². The van der Waals surface area contributed by atoms with Gasteiger partial charge in [-0.15, -0.1) is 0 Å². The third-order valence-electron chi connectivity index (χ3n) is 3.52. The molecule has 0 aliphatic heterocycles. The summed E-state index contributed by atoms with van der Waals surface area (Å²) < 4.78 is 5.84. The second-order valence-corrected chi connectivity index (χ2v) is 5.66. The minimum atomic E-state index is -0.524. The van der Waals surface area contributed by atoms with E-state index in [4.69, 9.17) is 4.74 Å². The summed E-state index contributed by atoms with van der Waals surface area (Å²) in [6.45, 7) is 6.52. The third kappa shape index (κ3) is 4.35. The Kier molecular flexibility index (Phi) is 5.59. The standard InChI is InChI=1S/C19H23NO2/c1-14(2)17-11-7-8-12-18(17)22-15(3)19(21)20-13-16-9-5-4-6-10-16/h4-12,14-15H,13H2,1-3H3,(H,20,21)/t15-/m0/s1. The van der Waals surface area contributed by atoms with Crippen LogP contribution in [-0.2, 0) is 11.3 Å². The fourth-order valence-corrected chi connectivity index (χ4v) is 2.24. The Bertz CT molecular complexity index is 608. The third-order valence-corrected chi connectivity index (χ3v) is 3.52. The van der Waals surface area contributed by atoms with Crippen LogP contribution in [0.2, 0.25) is 0 Å². The molecule has 116 valence electrons. The molecule has 0 aromatic heterocycles. The van der Waals surface area contributed by atoms with Crippen LogP contribution >= 0.6 is 0 Å². The number of nitrogens with one attached hydrogen (secondary N) is 1. The first-order chi connectivity index (χ1) is 10.6. The molecular weight excluding hydrogens is 274 g/mol. The van der Waals surface area contributed by atoms with E-state index in [0.29, 0.717) is 12.5 Å². The molecule has 0 fully saturated rings. The van der Waals surface area contributed by atoms with Crippen molar-refractivity contribution in [3.63, 3.8) is 0 Å². The molecule has 0 unspecified atom stereocenters. The minimum absolute atomic E-state index is 0.109. The van der Waals surface area contributed by atoms with Crippen LogP contribution in [0.15, 0.2) is 54.6 Å². The van der Waals surface area contributed by atoms with Crippen molar-refractivity contribution in [2.45, 2.75) is 39.3 Å². The molecule has 3 heteroatoms. The Hall–Kier alpha value is -2.29. The lowest BCUT2D eigenvalue weighted by atomic mass is 10.0. The van der Waals surface area contributed by atoms with Crippen LogP contribution in [0.25, 0.3) is 0 Å². The van der Waals surface area contributed by atoms with E-state index in [9.17, 15) is 4.79 Å². The number of hydrogen-bond donors (Lipinski definition) is 1. The van der Waals surface area contributed by atoms with E-state index in [0.717, 1.165) is 16.9 Å². The molecule has 2 aromatic rings. The molecule has 0 aliphatic rings. The Labute approximate surface area is 132 Å². The number of ether oxygens (including phenoxy) is 1. The van der Waals surface area contributed by atoms with Crippen molar-refractivity contribution in [1.29, 1.82) is 0 Å². The molecule has 0 saturated carbocycles. The van der Waals surface area contributed by atoms with Crippen LogP contribution in [0.3, 0.4) is 0 Å². The Morgan fingerprint density at radius 1 is 1.00 bits per heavy atom. The molecule has 3 nitrogen and oxygen atoms in total. The zero-order chi connectivity index (χ0) is 15.9. The molecule has 2 aromatic carbocycles. The highest BCUT2D eigenvalue weighted by molar-refractivity contribution is 5.80. The molecule has 0 spiro atoms. The zero-order valence-corrected chi connectivity index (χ0v) is 13.4. The van der Waals surface area contributed by atoms with Crippen molar-refractivity contribution in [1.82, 2.24) is 5.32 Å². The Morgan fingerprint density at radius 2 is 1.64 bits per heavy atom. The SMILES string of the molecule is CC(C)c1ccccc1O[C@@H](C)C(=O)NCc1ccccc1. The van der Waals surface area contributed by atoms with E-state index in [-0.39, 0.29) is 5.91 Å². The first kappa shape index (κ1) is 16.1. The number of rotatable bonds is 6. The highest BCUT2D eigenvalue weighted by atomic mass is 16.5. The number of carbonyl (C=O) groups is 1. The lowest BCUT2D eigenvalue weighted by molar-refractivity contribution is -0.127. The van der Waals surface area contributed by atoms with Gasteiger partial charge in [0, 0.05) is 6.54 Å². The van der Waals surface area contributed by atoms with E-state index >= 15 is 0 Å². The van der Waals surface area contributed by atoms with Gasteiger partial charge in [-0.1, -0.05) is 62.4 Å². The molecule has 0 saturated heterocycles. The quantitative estimate of drug-likeness (QED) is 0.878. The summed E-state index contributed by atoms with van der Waals surface area (Å²) in [4.78, 5) is 12.2. The van der Waals surface area contributed by atoms with Crippen molar-refractivity contribution >= 4 is 5.91 Å². The highest BCUT2D eigenvalue weighted by Crippen LogP contribution is 2.26. The summed E-state index contributed by atoms with van der Waals surface area (Å²) in [6, 6.07) is 17.7. The predicted octanol–water partition coefficient (Wildman–Crippen LogP) is 3.89. The summed E-state index contributed by atoms with van der Waals surface area (Å²) in [5, 5.41) is 2.90. The van der Waals surface area contributed by atoms with Gasteiger partial charge in [-0.3, -0.25) is 4.79 Å². The summed E-state index contributed by atoms with van der Waals surface area (Å²) in [5.41, 5.74) is 2.19. The average Bonchev–Trinajstić information content (AvgIpc) is 2.53. The number of para-hydroxylation sites is 1. The topological polar surface area (TPSA) is 38.3 Å². The summed E-state index contributed by atoms with van der Waals surface area (Å²) in [5.74, 6) is 1.03. The number of benzene rings is 2. The van der Waals surface area contributed by atoms with E-state index in [1.807, 2.05) is 54.6 Å². The minimum Gasteiger partial charge on any atom is -0.481 e. The van der Waals surface area contributed by atoms with Crippen molar-refractivity contribution in [2.75, 3.05) is 0 Å². The van der Waals surface area contributed by atoms with Crippen LogP contribution in [0.4, 0.5) is 0 Å². The molecule has 0 bridgehead atoms. The van der Waals surface area contributed by atoms with Gasteiger partial charge in [0.2, 0.25) is 0 Å². The monoisotopic (exact) mass is 297 g/mol. The number of amides is 1. The summed E-state index contributed by atoms with van der Waals surface area (Å²) >= 11 is 0. The maximum Gasteiger partial charge on any atom is 0.261 e. The fourth-order valence-electron chi connectivity index (χ4n) is 2.24. The van der Waals surface area contributed by atoms with E-state index in [2.05, 4.69) is 19.2 Å². The van der Waals surface area contributed by atoms with Gasteiger partial charge in [0.05, 0.1) is 0 Å². The summed E-state index contributed by atoms with van der Waals surface area (Å²) in [7, 11) is 0. The second kappa shape index (κ2) is 7.64. The predicted molar refractivity (Wildman–Crippen MR) is 88.9 cm³/mol. The van der Waals surface area contributed by atoms with Crippen LogP contribution in [-0.4, -0.2) is 12.0 Å². The molecule has 1 amide bonds. The van der Waals surface area contributed by atoms with Crippen LogP contribution in [0.1, 0.15) is 37.8 Å². The fraction of sp³-hybridized carbons (Fsp3) is 0.316. The molecule has 0 aliphatic carbocycles. The summed E-state index contributed by atoms with van der Waals surface area (Å²) in [6.07, 6.45) is -0.524. The van der Waals surface area contributed by atoms with Gasteiger partial charge in [0.15, 0.2) is 6.10 Å². The van der Waals surface area contributed by atoms with Gasteiger partial charge >= 0.3 is 0 Å². The van der Waals surface area contributed by atoms with Gasteiger partial charge < -0.3 is 10.1 Å². The molecule has 1 N–H and O–H groups in total. The van der Waals surface area contributed by atoms with Crippen LogP contribution < -0.4 is 10.1 Å². The smallest absolute Gasteiger partial charge is 0.261 e. The van der Waals surface area contributed by atoms with Crippen LogP contribution in [0, 0.1) is 0 Å². The van der Waals surface area contributed by atoms with E-state index in [1.165, 1.54) is 0 Å². The molecular formula is C19H23NO2. The largest absolute Gasteiger partial charge is 0.481 e. The maximum atomic E-state index is 12.2. The van der Waals surface area contributed by atoms with Crippen molar-refractivity contribution < 1.29 is 9.53 Å². The number of carbonyl (C=O) groups excluding carboxylic acids is 1. The van der Waals surface area contributed by atoms with Gasteiger partial charge in [-0.05, 0) is 30.0 Å². The lowest BCUT2D eigenvalue weighted by Crippen LogP contribution is -2.36. The van der Waals surface area contributed by atoms with Gasteiger partial charge in [0.1, 0.15) is 5.75 Å². The first-order valence-electron chi connectivity index (χ1n) is 7.65. The Balaban J connectivity index is 1.94. The van der Waals surface area contributed by atoms with Gasteiger partial charge in [-0.25, -0.2) is 0 Å². The van der Waals surface area contributed by atoms with E-state index in [1.54, 1.807) is 6.92 Å². The first-order valence-corrected chi connectivity index (χ1v) is 7.65. The average molecular weight is 297 g/mol. The highest BCUT2D eigenvalue weighted by Gasteiger charge is 2.16. The molecule has 22 heavy (non-hydrogen) atoms. The maximum absolute atomic E-state index is 12.2. The van der Waals surface area contributed by atoms with Crippen LogP contribution in [0.5, 0.6) is 5.75 Å². The molecule has 1 atom stereocenters. The van der Waals surface area contributed by atoms with Gasteiger partial charge in [0.25, 0.3) is 5.91 Å². The second-order valence-electron chi connectivity index (χ2n) is 5.66. The normalized spacial score (nSPS) is 12.0. The van der Waals surface area contributed by atoms with E-state index < -0.39 is 6.10 Å². The molecule has 0 radical (unpaired) electrons. The molecule has 2 rings (SSSR count).